The molecule has 0 amide bonds. The lowest BCUT2D eigenvalue weighted by Gasteiger charge is -2.13. The van der Waals surface area contributed by atoms with Crippen molar-refractivity contribution < 1.29 is 31.8 Å². The van der Waals surface area contributed by atoms with E-state index in [-0.39, 0.29) is 11.3 Å². The fourth-order valence-electron chi connectivity index (χ4n) is 1.85. The number of halogens is 4. The fourth-order valence-corrected chi connectivity index (χ4v) is 1.85. The third-order valence-electron chi connectivity index (χ3n) is 3.00. The zero-order chi connectivity index (χ0) is 17.1. The highest BCUT2D eigenvalue weighted by atomic mass is 19.2. The van der Waals surface area contributed by atoms with Gasteiger partial charge in [0.25, 0.3) is 0 Å². The quantitative estimate of drug-likeness (QED) is 0.401. The Morgan fingerprint density at radius 2 is 1.65 bits per heavy atom. The van der Waals surface area contributed by atoms with E-state index in [0.29, 0.717) is 11.8 Å². The molecule has 23 heavy (non-hydrogen) atoms. The van der Waals surface area contributed by atoms with E-state index in [0.717, 1.165) is 7.11 Å². The van der Waals surface area contributed by atoms with Crippen LogP contribution < -0.4 is 10.1 Å². The summed E-state index contributed by atoms with van der Waals surface area (Å²) in [6.07, 6.45) is 0. The molecule has 0 saturated heterocycles. The molecule has 0 radical (unpaired) electrons. The molecule has 4 nitrogen and oxygen atoms in total. The summed E-state index contributed by atoms with van der Waals surface area (Å²) in [4.78, 5) is 11.7. The first-order valence-corrected chi connectivity index (χ1v) is 6.25. The molecule has 0 aliphatic carbocycles. The summed E-state index contributed by atoms with van der Waals surface area (Å²) in [7, 11) is 2.49. The smallest absolute Gasteiger partial charge is 0.339 e. The van der Waals surface area contributed by atoms with Crippen molar-refractivity contribution in [2.24, 2.45) is 0 Å². The first kappa shape index (κ1) is 16.6. The summed E-state index contributed by atoms with van der Waals surface area (Å²) in [6.45, 7) is 0. The first-order chi connectivity index (χ1) is 10.9. The Morgan fingerprint density at radius 1 is 0.957 bits per heavy atom. The monoisotopic (exact) mass is 329 g/mol. The highest BCUT2D eigenvalue weighted by Crippen LogP contribution is 2.30. The maximum Gasteiger partial charge on any atom is 0.339 e. The third-order valence-corrected chi connectivity index (χ3v) is 3.00. The Balaban J connectivity index is 2.53. The summed E-state index contributed by atoms with van der Waals surface area (Å²) in [5, 5.41) is 2.34. The molecule has 0 bridgehead atoms. The second-order valence-electron chi connectivity index (χ2n) is 4.38. The lowest BCUT2D eigenvalue weighted by Crippen LogP contribution is -2.08. The van der Waals surface area contributed by atoms with Gasteiger partial charge in [-0.1, -0.05) is 0 Å². The molecule has 0 aliphatic rings. The minimum absolute atomic E-state index is 0.0273. The number of carbonyl (C=O) groups excluding carboxylic acids is 1. The number of carbonyl (C=O) groups is 1. The Hall–Kier alpha value is -2.77. The number of benzene rings is 2. The zero-order valence-corrected chi connectivity index (χ0v) is 12.0. The summed E-state index contributed by atoms with van der Waals surface area (Å²) in [6, 6.07) is 4.50. The predicted octanol–water partition coefficient (Wildman–Crippen LogP) is 3.78. The van der Waals surface area contributed by atoms with Crippen LogP contribution in [0, 0.1) is 23.3 Å². The van der Waals surface area contributed by atoms with Crippen molar-refractivity contribution in [3.8, 4) is 5.75 Å². The second-order valence-corrected chi connectivity index (χ2v) is 4.38. The molecule has 8 heteroatoms. The van der Waals surface area contributed by atoms with Crippen LogP contribution in [-0.2, 0) is 4.74 Å². The molecule has 0 heterocycles. The van der Waals surface area contributed by atoms with Gasteiger partial charge in [0.15, 0.2) is 23.3 Å². The number of rotatable bonds is 4. The van der Waals surface area contributed by atoms with E-state index in [9.17, 15) is 22.4 Å². The summed E-state index contributed by atoms with van der Waals surface area (Å²) >= 11 is 0. The van der Waals surface area contributed by atoms with Gasteiger partial charge in [0.1, 0.15) is 5.75 Å². The number of ether oxygens (including phenoxy) is 2. The van der Waals surface area contributed by atoms with Gasteiger partial charge in [-0.15, -0.1) is 0 Å². The highest BCUT2D eigenvalue weighted by molar-refractivity contribution is 5.96. The number of hydrogen-bond donors (Lipinski definition) is 1. The number of anilines is 2. The first-order valence-electron chi connectivity index (χ1n) is 6.25. The molecule has 2 rings (SSSR count). The van der Waals surface area contributed by atoms with Crippen molar-refractivity contribution in [1.29, 1.82) is 0 Å². The van der Waals surface area contributed by atoms with Gasteiger partial charge in [0, 0.05) is 12.1 Å². The number of hydrogen-bond acceptors (Lipinski definition) is 4. The zero-order valence-electron chi connectivity index (χ0n) is 12.0. The van der Waals surface area contributed by atoms with Gasteiger partial charge >= 0.3 is 5.97 Å². The molecule has 2 aromatic carbocycles. The van der Waals surface area contributed by atoms with E-state index < -0.39 is 34.9 Å². The molecule has 2 aromatic rings. The van der Waals surface area contributed by atoms with Crippen molar-refractivity contribution in [2.75, 3.05) is 19.5 Å². The number of nitrogens with one attached hydrogen (secondary N) is 1. The Labute approximate surface area is 128 Å². The topological polar surface area (TPSA) is 47.6 Å². The van der Waals surface area contributed by atoms with Crippen LogP contribution in [0.2, 0.25) is 0 Å². The van der Waals surface area contributed by atoms with E-state index in [4.69, 9.17) is 4.74 Å². The number of methoxy groups -OCH3 is 2. The third kappa shape index (κ3) is 3.20. The molecule has 0 aromatic heterocycles. The lowest BCUT2D eigenvalue weighted by atomic mass is 10.1. The van der Waals surface area contributed by atoms with Crippen molar-refractivity contribution in [3.05, 3.63) is 53.1 Å². The van der Waals surface area contributed by atoms with Crippen molar-refractivity contribution >= 4 is 17.3 Å². The molecule has 0 atom stereocenters. The molecule has 122 valence electrons. The van der Waals surface area contributed by atoms with E-state index in [2.05, 4.69) is 10.1 Å². The van der Waals surface area contributed by atoms with Gasteiger partial charge in [0.05, 0.1) is 31.2 Å². The molecular formula is C15H11F4NO3. The van der Waals surface area contributed by atoms with Gasteiger partial charge in [-0.05, 0) is 12.1 Å². The van der Waals surface area contributed by atoms with E-state index in [1.165, 1.54) is 25.3 Å². The van der Waals surface area contributed by atoms with Gasteiger partial charge in [-0.3, -0.25) is 0 Å². The van der Waals surface area contributed by atoms with Crippen LogP contribution >= 0.6 is 0 Å². The maximum atomic E-state index is 13.7. The Kier molecular flexibility index (Phi) is 4.73. The van der Waals surface area contributed by atoms with Crippen LogP contribution in [-0.4, -0.2) is 20.2 Å². The normalized spacial score (nSPS) is 10.3. The van der Waals surface area contributed by atoms with Gasteiger partial charge in [0.2, 0.25) is 0 Å². The van der Waals surface area contributed by atoms with Crippen LogP contribution in [0.4, 0.5) is 28.9 Å². The van der Waals surface area contributed by atoms with E-state index >= 15 is 0 Å². The molecular weight excluding hydrogens is 318 g/mol. The average molecular weight is 329 g/mol. The highest BCUT2D eigenvalue weighted by Gasteiger charge is 2.21. The van der Waals surface area contributed by atoms with Gasteiger partial charge in [-0.25, -0.2) is 22.4 Å². The second kappa shape index (κ2) is 6.55. The van der Waals surface area contributed by atoms with E-state index in [1.807, 2.05) is 0 Å². The van der Waals surface area contributed by atoms with Crippen molar-refractivity contribution in [1.82, 2.24) is 0 Å². The minimum Gasteiger partial charge on any atom is -0.497 e. The van der Waals surface area contributed by atoms with Crippen LogP contribution in [0.15, 0.2) is 24.3 Å². The number of esters is 1. The Morgan fingerprint density at radius 3 is 2.26 bits per heavy atom. The van der Waals surface area contributed by atoms with Crippen LogP contribution in [0.1, 0.15) is 10.4 Å². The fraction of sp³-hybridized carbons (Fsp3) is 0.133. The summed E-state index contributed by atoms with van der Waals surface area (Å²) < 4.78 is 62.8. The maximum absolute atomic E-state index is 13.7. The Bertz CT molecular complexity index is 765. The summed E-state index contributed by atoms with van der Waals surface area (Å²) in [5.41, 5.74) is -0.738. The van der Waals surface area contributed by atoms with E-state index in [1.54, 1.807) is 0 Å². The average Bonchev–Trinajstić information content (AvgIpc) is 2.56. The van der Waals surface area contributed by atoms with Crippen LogP contribution in [0.3, 0.4) is 0 Å². The summed E-state index contributed by atoms with van der Waals surface area (Å²) in [5.74, 6) is -7.56. The standard InChI is InChI=1S/C15H11F4NO3/c1-22-7-3-4-8(15(21)23-2)10(5-7)20-11-6-9(16)12(17)14(19)13(11)18/h3-6,20H,1-2H3. The molecule has 0 spiro atoms. The molecule has 0 fully saturated rings. The van der Waals surface area contributed by atoms with Crippen LogP contribution in [0.5, 0.6) is 5.75 Å². The van der Waals surface area contributed by atoms with Gasteiger partial charge in [-0.2, -0.15) is 0 Å². The molecule has 1 N–H and O–H groups in total. The lowest BCUT2D eigenvalue weighted by molar-refractivity contribution is 0.0602. The van der Waals surface area contributed by atoms with Crippen molar-refractivity contribution in [2.45, 2.75) is 0 Å². The predicted molar refractivity (Wildman–Crippen MR) is 73.9 cm³/mol. The largest absolute Gasteiger partial charge is 0.497 e. The molecule has 0 unspecified atom stereocenters. The molecule has 0 saturated carbocycles. The minimum atomic E-state index is -1.96. The van der Waals surface area contributed by atoms with Crippen molar-refractivity contribution in [3.63, 3.8) is 0 Å². The van der Waals surface area contributed by atoms with Gasteiger partial charge < -0.3 is 14.8 Å². The van der Waals surface area contributed by atoms with Crippen LogP contribution in [0.25, 0.3) is 0 Å². The molecule has 0 aliphatic heterocycles. The SMILES string of the molecule is COC(=O)c1ccc(OC)cc1Nc1cc(F)c(F)c(F)c1F.